The van der Waals surface area contributed by atoms with E-state index >= 15 is 0 Å². The molecule has 0 bridgehead atoms. The second-order valence-electron chi connectivity index (χ2n) is 4.74. The van der Waals surface area contributed by atoms with Gasteiger partial charge in [-0.15, -0.1) is 0 Å². The number of rotatable bonds is 3. The quantitative estimate of drug-likeness (QED) is 0.608. The van der Waals surface area contributed by atoms with E-state index in [0.29, 0.717) is 4.83 Å². The molecule has 2 rings (SSSR count). The third-order valence-corrected chi connectivity index (χ3v) is 6.52. The van der Waals surface area contributed by atoms with Gasteiger partial charge < -0.3 is 0 Å². The van der Waals surface area contributed by atoms with E-state index < -0.39 is 20.9 Å². The fraction of sp³-hybridized carbons (Fsp3) is 0.500. The molecule has 0 heterocycles. The molecule has 20 heavy (non-hydrogen) atoms. The van der Waals surface area contributed by atoms with Crippen molar-refractivity contribution in [1.29, 1.82) is 0 Å². The van der Waals surface area contributed by atoms with Gasteiger partial charge in [0.25, 0.3) is 0 Å². The van der Waals surface area contributed by atoms with Gasteiger partial charge >= 0.3 is 0 Å². The summed E-state index contributed by atoms with van der Waals surface area (Å²) < 4.78 is 40.7. The van der Waals surface area contributed by atoms with Crippen LogP contribution in [0.25, 0.3) is 0 Å². The standard InChI is InChI=1S/C12H13BrCl2FNO2S/c13-7-1-3-8(4-2-7)17-20(18,19)10-6-5-9(14)12(16)11(10)15/h5-8,17H,1-4H2. The van der Waals surface area contributed by atoms with Crippen LogP contribution in [0.15, 0.2) is 17.0 Å². The van der Waals surface area contributed by atoms with E-state index in [9.17, 15) is 12.8 Å². The van der Waals surface area contributed by atoms with Crippen LogP contribution in [0.2, 0.25) is 10.0 Å². The highest BCUT2D eigenvalue weighted by Gasteiger charge is 2.27. The van der Waals surface area contributed by atoms with Crippen LogP contribution in [-0.4, -0.2) is 19.3 Å². The van der Waals surface area contributed by atoms with Gasteiger partial charge in [0, 0.05) is 10.9 Å². The highest BCUT2D eigenvalue weighted by Crippen LogP contribution is 2.31. The first-order valence-corrected chi connectivity index (χ1v) is 9.26. The van der Waals surface area contributed by atoms with Crippen molar-refractivity contribution in [2.45, 2.75) is 41.4 Å². The van der Waals surface area contributed by atoms with E-state index in [-0.39, 0.29) is 16.0 Å². The minimum absolute atomic E-state index is 0.149. The van der Waals surface area contributed by atoms with E-state index in [1.54, 1.807) is 0 Å². The topological polar surface area (TPSA) is 46.2 Å². The first kappa shape index (κ1) is 16.5. The van der Waals surface area contributed by atoms with Crippen LogP contribution < -0.4 is 4.72 Å². The van der Waals surface area contributed by atoms with Gasteiger partial charge in [-0.3, -0.25) is 0 Å². The summed E-state index contributed by atoms with van der Waals surface area (Å²) in [4.78, 5) is 0.154. The van der Waals surface area contributed by atoms with Crippen LogP contribution >= 0.6 is 39.1 Å². The Bertz CT molecular complexity index is 604. The fourth-order valence-electron chi connectivity index (χ4n) is 2.17. The molecule has 0 spiro atoms. The van der Waals surface area contributed by atoms with E-state index in [0.717, 1.165) is 25.7 Å². The lowest BCUT2D eigenvalue weighted by atomic mass is 9.96. The van der Waals surface area contributed by atoms with Crippen LogP contribution in [0.3, 0.4) is 0 Å². The molecule has 0 radical (unpaired) electrons. The second kappa shape index (κ2) is 6.48. The third-order valence-electron chi connectivity index (χ3n) is 3.27. The zero-order chi connectivity index (χ0) is 14.9. The van der Waals surface area contributed by atoms with Gasteiger partial charge in [-0.1, -0.05) is 39.1 Å². The predicted octanol–water partition coefficient (Wildman–Crippen LogP) is 4.12. The summed E-state index contributed by atoms with van der Waals surface area (Å²) in [6, 6.07) is 2.25. The predicted molar refractivity (Wildman–Crippen MR) is 81.7 cm³/mol. The lowest BCUT2D eigenvalue weighted by Gasteiger charge is -2.26. The molecule has 3 nitrogen and oxygen atoms in total. The van der Waals surface area contributed by atoms with Crippen LogP contribution in [-0.2, 0) is 10.0 Å². The number of halogens is 4. The van der Waals surface area contributed by atoms with Crippen molar-refractivity contribution in [3.8, 4) is 0 Å². The zero-order valence-corrected chi connectivity index (χ0v) is 14.3. The van der Waals surface area contributed by atoms with Crippen LogP contribution in [0.5, 0.6) is 0 Å². The number of nitrogens with one attached hydrogen (secondary N) is 1. The van der Waals surface area contributed by atoms with Crippen LogP contribution in [0.4, 0.5) is 4.39 Å². The summed E-state index contributed by atoms with van der Waals surface area (Å²) >= 11 is 14.8. The molecular weight excluding hydrogens is 392 g/mol. The molecular formula is C12H13BrCl2FNO2S. The summed E-state index contributed by atoms with van der Waals surface area (Å²) in [6.45, 7) is 0. The summed E-state index contributed by atoms with van der Waals surface area (Å²) in [5, 5.41) is -0.673. The lowest BCUT2D eigenvalue weighted by Crippen LogP contribution is -2.37. The molecule has 1 aliphatic carbocycles. The van der Waals surface area contributed by atoms with Crippen molar-refractivity contribution in [1.82, 2.24) is 4.72 Å². The summed E-state index contributed by atoms with van der Waals surface area (Å²) in [6.07, 6.45) is 3.28. The van der Waals surface area contributed by atoms with Crippen LogP contribution in [0.1, 0.15) is 25.7 Å². The summed E-state index contributed by atoms with van der Waals surface area (Å²) in [5.74, 6) is -0.916. The van der Waals surface area contributed by atoms with E-state index in [2.05, 4.69) is 20.7 Å². The Kier molecular flexibility index (Phi) is 5.34. The maximum Gasteiger partial charge on any atom is 0.242 e. The summed E-state index contributed by atoms with van der Waals surface area (Å²) in [5.41, 5.74) is 0. The van der Waals surface area contributed by atoms with E-state index in [1.807, 2.05) is 0 Å². The first-order chi connectivity index (χ1) is 9.31. The molecule has 0 atom stereocenters. The fourth-order valence-corrected chi connectivity index (χ4v) is 4.75. The Balaban J connectivity index is 2.21. The van der Waals surface area contributed by atoms with Gasteiger partial charge in [-0.05, 0) is 37.8 Å². The largest absolute Gasteiger partial charge is 0.242 e. The van der Waals surface area contributed by atoms with Crippen molar-refractivity contribution in [3.05, 3.63) is 28.0 Å². The Morgan fingerprint density at radius 3 is 2.40 bits per heavy atom. The molecule has 0 unspecified atom stereocenters. The lowest BCUT2D eigenvalue weighted by molar-refractivity contribution is 0.422. The van der Waals surface area contributed by atoms with Crippen molar-refractivity contribution in [3.63, 3.8) is 0 Å². The van der Waals surface area contributed by atoms with E-state index in [1.165, 1.54) is 12.1 Å². The molecule has 1 saturated carbocycles. The zero-order valence-electron chi connectivity index (χ0n) is 10.4. The molecule has 8 heteroatoms. The van der Waals surface area contributed by atoms with E-state index in [4.69, 9.17) is 23.2 Å². The molecule has 0 amide bonds. The highest BCUT2D eigenvalue weighted by molar-refractivity contribution is 9.09. The number of benzene rings is 1. The van der Waals surface area contributed by atoms with Crippen molar-refractivity contribution in [2.24, 2.45) is 0 Å². The van der Waals surface area contributed by atoms with Crippen molar-refractivity contribution in [2.75, 3.05) is 0 Å². The monoisotopic (exact) mass is 403 g/mol. The maximum absolute atomic E-state index is 13.6. The molecule has 1 aromatic carbocycles. The first-order valence-electron chi connectivity index (χ1n) is 6.11. The molecule has 0 saturated heterocycles. The molecule has 112 valence electrons. The smallest absolute Gasteiger partial charge is 0.208 e. The average Bonchev–Trinajstić information content (AvgIpc) is 2.38. The Morgan fingerprint density at radius 1 is 1.20 bits per heavy atom. The third kappa shape index (κ3) is 3.65. The van der Waals surface area contributed by atoms with Crippen LogP contribution in [0, 0.1) is 5.82 Å². The highest BCUT2D eigenvalue weighted by atomic mass is 79.9. The maximum atomic E-state index is 13.6. The molecule has 1 N–H and O–H groups in total. The molecule has 0 aromatic heterocycles. The number of sulfonamides is 1. The van der Waals surface area contributed by atoms with Crippen molar-refractivity contribution < 1.29 is 12.8 Å². The number of hydrogen-bond donors (Lipinski definition) is 1. The number of hydrogen-bond acceptors (Lipinski definition) is 2. The van der Waals surface area contributed by atoms with Gasteiger partial charge in [-0.2, -0.15) is 0 Å². The minimum Gasteiger partial charge on any atom is -0.208 e. The normalized spacial score (nSPS) is 23.8. The molecule has 1 aromatic rings. The molecule has 0 aliphatic heterocycles. The Morgan fingerprint density at radius 2 is 1.80 bits per heavy atom. The minimum atomic E-state index is -3.84. The number of alkyl halides is 1. The second-order valence-corrected chi connectivity index (χ2v) is 8.51. The van der Waals surface area contributed by atoms with Crippen molar-refractivity contribution >= 4 is 49.2 Å². The van der Waals surface area contributed by atoms with Gasteiger partial charge in [0.2, 0.25) is 10.0 Å². The molecule has 1 aliphatic rings. The Hall–Kier alpha value is 0.120. The van der Waals surface area contributed by atoms with Gasteiger partial charge in [0.1, 0.15) is 4.90 Å². The van der Waals surface area contributed by atoms with Gasteiger partial charge in [-0.25, -0.2) is 17.5 Å². The van der Waals surface area contributed by atoms with Gasteiger partial charge in [0.15, 0.2) is 5.82 Å². The molecule has 1 fully saturated rings. The van der Waals surface area contributed by atoms with Gasteiger partial charge in [0.05, 0.1) is 10.0 Å². The average molecular weight is 405 g/mol. The Labute approximate surface area is 136 Å². The SMILES string of the molecule is O=S(=O)(NC1CCC(Br)CC1)c1ccc(Cl)c(F)c1Cl. The summed E-state index contributed by atoms with van der Waals surface area (Å²) in [7, 11) is -3.84.